The zero-order valence-corrected chi connectivity index (χ0v) is 7.90. The number of carboxylic acid groups (broad SMARTS) is 2. The molecule has 1 aliphatic carbocycles. The van der Waals surface area contributed by atoms with Crippen LogP contribution in [0.1, 0.15) is 32.1 Å². The van der Waals surface area contributed by atoms with Crippen molar-refractivity contribution in [2.45, 2.75) is 37.6 Å². The van der Waals surface area contributed by atoms with Crippen LogP contribution in [0.15, 0.2) is 0 Å². The summed E-state index contributed by atoms with van der Waals surface area (Å²) in [5.41, 5.74) is 4.45. The smallest absolute Gasteiger partial charge is 0.323 e. The Morgan fingerprint density at radius 1 is 1.21 bits per heavy atom. The van der Waals surface area contributed by atoms with Crippen molar-refractivity contribution in [3.63, 3.8) is 0 Å². The summed E-state index contributed by atoms with van der Waals surface area (Å²) in [5.74, 6) is -2.30. The maximum Gasteiger partial charge on any atom is 0.323 e. The zero-order chi connectivity index (χ0) is 10.8. The van der Waals surface area contributed by atoms with Gasteiger partial charge < -0.3 is 15.9 Å². The van der Waals surface area contributed by atoms with Gasteiger partial charge in [-0.05, 0) is 25.7 Å². The van der Waals surface area contributed by atoms with E-state index in [-0.39, 0.29) is 6.42 Å². The first-order valence-corrected chi connectivity index (χ1v) is 4.71. The van der Waals surface area contributed by atoms with Gasteiger partial charge >= 0.3 is 11.9 Å². The lowest BCUT2D eigenvalue weighted by Gasteiger charge is -2.21. The van der Waals surface area contributed by atoms with E-state index in [1.807, 2.05) is 0 Å². The predicted molar refractivity (Wildman–Crippen MR) is 48.8 cm³/mol. The monoisotopic (exact) mass is 201 g/mol. The molecule has 0 spiro atoms. The van der Waals surface area contributed by atoms with E-state index in [0.717, 1.165) is 0 Å². The van der Waals surface area contributed by atoms with Crippen LogP contribution in [0.4, 0.5) is 0 Å². The first-order chi connectivity index (χ1) is 6.46. The van der Waals surface area contributed by atoms with Crippen molar-refractivity contribution in [2.75, 3.05) is 0 Å². The predicted octanol–water partition coefficient (Wildman–Crippen LogP) is 0.433. The van der Waals surface area contributed by atoms with Crippen LogP contribution in [0.3, 0.4) is 0 Å². The van der Waals surface area contributed by atoms with E-state index in [1.165, 1.54) is 0 Å². The molecule has 5 nitrogen and oxygen atoms in total. The Bertz CT molecular complexity index is 253. The molecule has 1 aliphatic rings. The third-order valence-corrected chi connectivity index (χ3v) is 2.89. The number of rotatable bonds is 2. The molecule has 4 N–H and O–H groups in total. The largest absolute Gasteiger partial charge is 0.481 e. The van der Waals surface area contributed by atoms with Crippen molar-refractivity contribution >= 4 is 11.9 Å². The minimum Gasteiger partial charge on any atom is -0.481 e. The molecular formula is C9H15NO4. The Kier molecular flexibility index (Phi) is 3.10. The average molecular weight is 201 g/mol. The van der Waals surface area contributed by atoms with Gasteiger partial charge in [-0.25, -0.2) is 0 Å². The maximum absolute atomic E-state index is 10.8. The molecule has 80 valence electrons. The first-order valence-electron chi connectivity index (χ1n) is 4.71. The van der Waals surface area contributed by atoms with Gasteiger partial charge in [0.05, 0.1) is 5.92 Å². The molecule has 0 unspecified atom stereocenters. The highest BCUT2D eigenvalue weighted by Gasteiger charge is 2.37. The van der Waals surface area contributed by atoms with E-state index in [9.17, 15) is 9.59 Å². The third-order valence-electron chi connectivity index (χ3n) is 2.89. The molecule has 5 heteroatoms. The number of nitrogens with two attached hydrogens (primary N) is 1. The van der Waals surface area contributed by atoms with Gasteiger partial charge in [0.1, 0.15) is 5.54 Å². The Morgan fingerprint density at radius 2 is 1.86 bits per heavy atom. The van der Waals surface area contributed by atoms with Crippen molar-refractivity contribution in [2.24, 2.45) is 11.7 Å². The summed E-state index contributed by atoms with van der Waals surface area (Å²) in [7, 11) is 0. The molecule has 0 heterocycles. The summed E-state index contributed by atoms with van der Waals surface area (Å²) in [6.45, 7) is 0. The molecule has 0 aromatic carbocycles. The highest BCUT2D eigenvalue weighted by atomic mass is 16.4. The number of carboxylic acids is 2. The summed E-state index contributed by atoms with van der Waals surface area (Å²) < 4.78 is 0. The minimum atomic E-state index is -1.22. The summed E-state index contributed by atoms with van der Waals surface area (Å²) in [5, 5.41) is 17.7. The van der Waals surface area contributed by atoms with E-state index in [2.05, 4.69) is 0 Å². The van der Waals surface area contributed by atoms with Crippen LogP contribution < -0.4 is 5.73 Å². The van der Waals surface area contributed by atoms with Crippen molar-refractivity contribution in [1.82, 2.24) is 0 Å². The lowest BCUT2D eigenvalue weighted by Crippen LogP contribution is -2.47. The van der Waals surface area contributed by atoms with Crippen LogP contribution in [0.2, 0.25) is 0 Å². The molecule has 2 atom stereocenters. The standard InChI is InChI=1S/C9H15NO4/c10-9(8(13)14)4-1-2-6(3-5-9)7(11)12/h6H,1-5,10H2,(H,11,12)(H,13,14)/t6-,9+/m0/s1. The van der Waals surface area contributed by atoms with Crippen LogP contribution in [0.25, 0.3) is 0 Å². The number of aliphatic carboxylic acids is 2. The van der Waals surface area contributed by atoms with Gasteiger partial charge in [-0.15, -0.1) is 0 Å². The fourth-order valence-electron chi connectivity index (χ4n) is 1.83. The van der Waals surface area contributed by atoms with Crippen LogP contribution in [-0.4, -0.2) is 27.7 Å². The number of carbonyl (C=O) groups is 2. The lowest BCUT2D eigenvalue weighted by atomic mass is 9.91. The highest BCUT2D eigenvalue weighted by Crippen LogP contribution is 2.29. The van der Waals surface area contributed by atoms with Gasteiger partial charge in [0.2, 0.25) is 0 Å². The summed E-state index contributed by atoms with van der Waals surface area (Å²) in [4.78, 5) is 21.5. The second-order valence-corrected chi connectivity index (χ2v) is 3.93. The van der Waals surface area contributed by atoms with Crippen molar-refractivity contribution in [3.8, 4) is 0 Å². The Balaban J connectivity index is 2.65. The summed E-state index contributed by atoms with van der Waals surface area (Å²) in [6.07, 6.45) is 2.07. The van der Waals surface area contributed by atoms with Crippen LogP contribution >= 0.6 is 0 Å². The fourth-order valence-corrected chi connectivity index (χ4v) is 1.83. The molecule has 1 rings (SSSR count). The normalized spacial score (nSPS) is 33.4. The van der Waals surface area contributed by atoms with E-state index in [4.69, 9.17) is 15.9 Å². The van der Waals surface area contributed by atoms with Gasteiger partial charge in [-0.1, -0.05) is 6.42 Å². The maximum atomic E-state index is 10.8. The molecule has 1 fully saturated rings. The lowest BCUT2D eigenvalue weighted by molar-refractivity contribution is -0.145. The average Bonchev–Trinajstić information content (AvgIpc) is 2.28. The molecule has 0 aliphatic heterocycles. The van der Waals surface area contributed by atoms with Gasteiger partial charge in [0, 0.05) is 0 Å². The van der Waals surface area contributed by atoms with Gasteiger partial charge in [0.25, 0.3) is 0 Å². The number of hydrogen-bond donors (Lipinski definition) is 3. The highest BCUT2D eigenvalue weighted by molar-refractivity contribution is 5.78. The Morgan fingerprint density at radius 3 is 2.36 bits per heavy atom. The number of hydrogen-bond acceptors (Lipinski definition) is 3. The second kappa shape index (κ2) is 3.96. The van der Waals surface area contributed by atoms with E-state index in [0.29, 0.717) is 25.7 Å². The van der Waals surface area contributed by atoms with Gasteiger partial charge in [-0.3, -0.25) is 9.59 Å². The quantitative estimate of drug-likeness (QED) is 0.562. The molecular weight excluding hydrogens is 186 g/mol. The summed E-state index contributed by atoms with van der Waals surface area (Å²) >= 11 is 0. The topological polar surface area (TPSA) is 101 Å². The van der Waals surface area contributed by atoms with Gasteiger partial charge in [0.15, 0.2) is 0 Å². The first kappa shape index (κ1) is 11.0. The van der Waals surface area contributed by atoms with Crippen LogP contribution in [0, 0.1) is 5.92 Å². The van der Waals surface area contributed by atoms with E-state index < -0.39 is 23.4 Å². The molecule has 0 bridgehead atoms. The molecule has 0 radical (unpaired) electrons. The fraction of sp³-hybridized carbons (Fsp3) is 0.778. The molecule has 0 amide bonds. The molecule has 1 saturated carbocycles. The second-order valence-electron chi connectivity index (χ2n) is 3.93. The Labute approximate surface area is 81.9 Å². The minimum absolute atomic E-state index is 0.249. The zero-order valence-electron chi connectivity index (χ0n) is 7.90. The third kappa shape index (κ3) is 2.23. The van der Waals surface area contributed by atoms with Crippen LogP contribution in [-0.2, 0) is 9.59 Å². The molecule has 0 aromatic heterocycles. The van der Waals surface area contributed by atoms with Crippen molar-refractivity contribution in [1.29, 1.82) is 0 Å². The van der Waals surface area contributed by atoms with Crippen molar-refractivity contribution < 1.29 is 19.8 Å². The van der Waals surface area contributed by atoms with Crippen molar-refractivity contribution in [3.05, 3.63) is 0 Å². The van der Waals surface area contributed by atoms with E-state index in [1.54, 1.807) is 0 Å². The summed E-state index contributed by atoms with van der Waals surface area (Å²) in [6, 6.07) is 0. The van der Waals surface area contributed by atoms with Gasteiger partial charge in [-0.2, -0.15) is 0 Å². The van der Waals surface area contributed by atoms with E-state index >= 15 is 0 Å². The molecule has 0 saturated heterocycles. The van der Waals surface area contributed by atoms with Crippen LogP contribution in [0.5, 0.6) is 0 Å². The molecule has 14 heavy (non-hydrogen) atoms. The molecule has 0 aromatic rings. The Hall–Kier alpha value is -1.10. The SMILES string of the molecule is N[C@]1(C(=O)O)CCC[C@H](C(=O)O)CC1.